The van der Waals surface area contributed by atoms with Crippen molar-refractivity contribution in [2.45, 2.75) is 16.7 Å². The largest absolute Gasteiger partial charge is 0.366 e. The average molecular weight is 238 g/mol. The van der Waals surface area contributed by atoms with Crippen LogP contribution in [0.4, 0.5) is 5.88 Å². The van der Waals surface area contributed by atoms with Crippen LogP contribution in [-0.4, -0.2) is 13.6 Å². The number of sulfone groups is 1. The lowest BCUT2D eigenvalue weighted by Crippen LogP contribution is -2.03. The van der Waals surface area contributed by atoms with Crippen molar-refractivity contribution in [1.29, 1.82) is 0 Å². The Kier molecular flexibility index (Phi) is 2.43. The number of rotatable bonds is 2. The van der Waals surface area contributed by atoms with E-state index >= 15 is 0 Å². The Hall–Kier alpha value is -1.82. The Morgan fingerprint density at radius 3 is 2.38 bits per heavy atom. The SMILES string of the molecule is Cc1ccc(S(=O)(=O)c2cnoc2N)cc1. The van der Waals surface area contributed by atoms with E-state index < -0.39 is 9.84 Å². The van der Waals surface area contributed by atoms with E-state index in [4.69, 9.17) is 5.73 Å². The molecule has 1 aromatic heterocycles. The first-order valence-corrected chi connectivity index (χ1v) is 6.02. The summed E-state index contributed by atoms with van der Waals surface area (Å²) in [6, 6.07) is 6.49. The van der Waals surface area contributed by atoms with Crippen LogP contribution >= 0.6 is 0 Å². The fourth-order valence-corrected chi connectivity index (χ4v) is 2.52. The van der Waals surface area contributed by atoms with Crippen molar-refractivity contribution in [3.8, 4) is 0 Å². The molecule has 0 radical (unpaired) electrons. The van der Waals surface area contributed by atoms with E-state index in [1.54, 1.807) is 12.1 Å². The molecule has 0 aliphatic heterocycles. The zero-order valence-electron chi connectivity index (χ0n) is 8.54. The summed E-state index contributed by atoms with van der Waals surface area (Å²) in [5.74, 6) is -0.194. The zero-order chi connectivity index (χ0) is 11.8. The number of nitrogen functional groups attached to an aromatic ring is 1. The Labute approximate surface area is 92.8 Å². The monoisotopic (exact) mass is 238 g/mol. The molecule has 0 atom stereocenters. The highest BCUT2D eigenvalue weighted by molar-refractivity contribution is 7.91. The number of hydrogen-bond acceptors (Lipinski definition) is 5. The second-order valence-electron chi connectivity index (χ2n) is 3.37. The molecule has 2 rings (SSSR count). The second-order valence-corrected chi connectivity index (χ2v) is 5.29. The van der Waals surface area contributed by atoms with Gasteiger partial charge in [0.05, 0.1) is 11.1 Å². The summed E-state index contributed by atoms with van der Waals surface area (Å²) in [6.07, 6.45) is 1.10. The topological polar surface area (TPSA) is 86.2 Å². The summed E-state index contributed by atoms with van der Waals surface area (Å²) in [6.45, 7) is 1.88. The van der Waals surface area contributed by atoms with Gasteiger partial charge in [-0.05, 0) is 19.1 Å². The smallest absolute Gasteiger partial charge is 0.241 e. The number of nitrogens with two attached hydrogens (primary N) is 1. The van der Waals surface area contributed by atoms with Crippen molar-refractivity contribution in [2.75, 3.05) is 5.73 Å². The molecule has 16 heavy (non-hydrogen) atoms. The summed E-state index contributed by atoms with van der Waals surface area (Å²) < 4.78 is 28.6. The molecule has 0 unspecified atom stereocenters. The van der Waals surface area contributed by atoms with Crippen molar-refractivity contribution >= 4 is 15.7 Å². The zero-order valence-corrected chi connectivity index (χ0v) is 9.36. The molecule has 0 saturated heterocycles. The molecular weight excluding hydrogens is 228 g/mol. The van der Waals surface area contributed by atoms with Crippen molar-refractivity contribution < 1.29 is 12.9 Å². The highest BCUT2D eigenvalue weighted by Gasteiger charge is 2.23. The number of anilines is 1. The lowest BCUT2D eigenvalue weighted by molar-refractivity contribution is 0.435. The minimum absolute atomic E-state index is 0.101. The maximum Gasteiger partial charge on any atom is 0.241 e. The van der Waals surface area contributed by atoms with Crippen molar-refractivity contribution in [3.63, 3.8) is 0 Å². The van der Waals surface area contributed by atoms with E-state index in [2.05, 4.69) is 9.68 Å². The molecule has 0 amide bonds. The molecule has 2 N–H and O–H groups in total. The van der Waals surface area contributed by atoms with Gasteiger partial charge in [0.15, 0.2) is 4.90 Å². The number of aryl methyl sites for hydroxylation is 1. The van der Waals surface area contributed by atoms with Gasteiger partial charge in [-0.1, -0.05) is 22.9 Å². The van der Waals surface area contributed by atoms with Gasteiger partial charge in [0, 0.05) is 0 Å². The third-order valence-corrected chi connectivity index (χ3v) is 3.96. The molecule has 1 aromatic carbocycles. The second kappa shape index (κ2) is 3.64. The van der Waals surface area contributed by atoms with Crippen LogP contribution in [0.3, 0.4) is 0 Å². The molecule has 0 bridgehead atoms. The first kappa shape index (κ1) is 10.7. The van der Waals surface area contributed by atoms with E-state index in [0.29, 0.717) is 0 Å². The molecule has 2 aromatic rings. The average Bonchev–Trinajstić information content (AvgIpc) is 2.66. The molecule has 5 nitrogen and oxygen atoms in total. The van der Waals surface area contributed by atoms with Crippen molar-refractivity contribution in [3.05, 3.63) is 36.0 Å². The summed E-state index contributed by atoms with van der Waals surface area (Å²) in [4.78, 5) is 0.0735. The Bertz CT molecular complexity index is 599. The van der Waals surface area contributed by atoms with Gasteiger partial charge in [0.25, 0.3) is 0 Å². The van der Waals surface area contributed by atoms with E-state index in [1.165, 1.54) is 12.1 Å². The predicted molar refractivity (Wildman–Crippen MR) is 57.5 cm³/mol. The molecule has 0 fully saturated rings. The normalized spacial score (nSPS) is 11.6. The molecule has 0 saturated carbocycles. The van der Waals surface area contributed by atoms with Gasteiger partial charge in [-0.15, -0.1) is 0 Å². The molecular formula is C10H10N2O3S. The fourth-order valence-electron chi connectivity index (χ4n) is 1.29. The van der Waals surface area contributed by atoms with E-state index in [-0.39, 0.29) is 15.7 Å². The lowest BCUT2D eigenvalue weighted by Gasteiger charge is -2.02. The quantitative estimate of drug-likeness (QED) is 0.854. The molecule has 84 valence electrons. The fraction of sp³-hybridized carbons (Fsp3) is 0.100. The van der Waals surface area contributed by atoms with Crippen molar-refractivity contribution in [2.24, 2.45) is 0 Å². The van der Waals surface area contributed by atoms with E-state index in [9.17, 15) is 8.42 Å². The van der Waals surface area contributed by atoms with Crippen LogP contribution in [0.2, 0.25) is 0 Å². The third-order valence-electron chi connectivity index (χ3n) is 2.18. The lowest BCUT2D eigenvalue weighted by atomic mass is 10.2. The van der Waals surface area contributed by atoms with Crippen molar-refractivity contribution in [1.82, 2.24) is 5.16 Å². The minimum Gasteiger partial charge on any atom is -0.366 e. The van der Waals surface area contributed by atoms with E-state index in [1.807, 2.05) is 6.92 Å². The van der Waals surface area contributed by atoms with Crippen LogP contribution in [0.15, 0.2) is 44.8 Å². The van der Waals surface area contributed by atoms with Crippen LogP contribution in [0.5, 0.6) is 0 Å². The number of hydrogen-bond donors (Lipinski definition) is 1. The van der Waals surface area contributed by atoms with Crippen LogP contribution in [0.1, 0.15) is 5.56 Å². The first-order valence-electron chi connectivity index (χ1n) is 4.54. The van der Waals surface area contributed by atoms with Gasteiger partial charge in [-0.25, -0.2) is 8.42 Å². The maximum absolute atomic E-state index is 12.0. The summed E-state index contributed by atoms with van der Waals surface area (Å²) in [5.41, 5.74) is 6.37. The Morgan fingerprint density at radius 2 is 1.88 bits per heavy atom. The third kappa shape index (κ3) is 1.67. The maximum atomic E-state index is 12.0. The minimum atomic E-state index is -3.62. The number of nitrogens with zero attached hydrogens (tertiary/aromatic N) is 1. The summed E-state index contributed by atoms with van der Waals surface area (Å²) in [5, 5.41) is 3.35. The van der Waals surface area contributed by atoms with Gasteiger partial charge in [-0.3, -0.25) is 0 Å². The highest BCUT2D eigenvalue weighted by atomic mass is 32.2. The van der Waals surface area contributed by atoms with Crippen LogP contribution in [0, 0.1) is 6.92 Å². The summed E-state index contributed by atoms with van der Waals surface area (Å²) >= 11 is 0. The van der Waals surface area contributed by atoms with Gasteiger partial charge >= 0.3 is 0 Å². The Balaban J connectivity index is 2.56. The van der Waals surface area contributed by atoms with E-state index in [0.717, 1.165) is 11.8 Å². The standard InChI is InChI=1S/C10H10N2O3S/c1-7-2-4-8(5-3-7)16(13,14)9-6-12-15-10(9)11/h2-6H,11H2,1H3. The van der Waals surface area contributed by atoms with Gasteiger partial charge in [-0.2, -0.15) is 0 Å². The molecule has 1 heterocycles. The Morgan fingerprint density at radius 1 is 1.25 bits per heavy atom. The van der Waals surface area contributed by atoms with Gasteiger partial charge in [0.1, 0.15) is 0 Å². The molecule has 0 aliphatic rings. The van der Waals surface area contributed by atoms with Crippen LogP contribution in [0.25, 0.3) is 0 Å². The highest BCUT2D eigenvalue weighted by Crippen LogP contribution is 2.25. The molecule has 6 heteroatoms. The number of aromatic nitrogens is 1. The van der Waals surface area contributed by atoms with Gasteiger partial charge < -0.3 is 10.3 Å². The van der Waals surface area contributed by atoms with Gasteiger partial charge in [0.2, 0.25) is 15.7 Å². The first-order chi connectivity index (χ1) is 7.51. The molecule has 0 spiro atoms. The molecule has 0 aliphatic carbocycles. The van der Waals surface area contributed by atoms with Crippen LogP contribution < -0.4 is 5.73 Å². The number of benzene rings is 1. The summed E-state index contributed by atoms with van der Waals surface area (Å²) in [7, 11) is -3.62. The van der Waals surface area contributed by atoms with Crippen LogP contribution in [-0.2, 0) is 9.84 Å². The predicted octanol–water partition coefficient (Wildman–Crippen LogP) is 1.40.